The van der Waals surface area contributed by atoms with Crippen LogP contribution in [0.2, 0.25) is 0 Å². The van der Waals surface area contributed by atoms with Crippen molar-refractivity contribution in [2.45, 2.75) is 13.0 Å². The molecule has 0 saturated carbocycles. The molecule has 1 fully saturated rings. The first-order valence-electron chi connectivity index (χ1n) is 7.05. The number of aliphatic hydroxyl groups is 1. The van der Waals surface area contributed by atoms with Crippen LogP contribution in [0.3, 0.4) is 0 Å². The van der Waals surface area contributed by atoms with Crippen LogP contribution in [0.4, 0.5) is 4.79 Å². The van der Waals surface area contributed by atoms with Gasteiger partial charge >= 0.3 is 6.09 Å². The topological polar surface area (TPSA) is 61.8 Å². The molecule has 5 nitrogen and oxygen atoms in total. The predicted molar refractivity (Wildman–Crippen MR) is 76.3 cm³/mol. The third kappa shape index (κ3) is 4.83. The summed E-state index contributed by atoms with van der Waals surface area (Å²) in [5, 5.41) is 11.7. The lowest BCUT2D eigenvalue weighted by Crippen LogP contribution is -2.32. The molecule has 1 aliphatic rings. The number of carbonyl (C=O) groups excluding carboxylic acids is 1. The van der Waals surface area contributed by atoms with Crippen LogP contribution in [-0.2, 0) is 11.3 Å². The minimum absolute atomic E-state index is 0.194. The number of amides is 1. The lowest BCUT2D eigenvalue weighted by Gasteiger charge is -2.14. The Morgan fingerprint density at radius 3 is 2.95 bits per heavy atom. The van der Waals surface area contributed by atoms with Crippen molar-refractivity contribution in [3.05, 3.63) is 35.9 Å². The highest BCUT2D eigenvalue weighted by Gasteiger charge is 2.22. The largest absolute Gasteiger partial charge is 0.445 e. The zero-order valence-electron chi connectivity index (χ0n) is 11.6. The predicted octanol–water partition coefficient (Wildman–Crippen LogP) is 1.23. The number of carbonyl (C=O) groups is 1. The Balaban J connectivity index is 1.61. The van der Waals surface area contributed by atoms with E-state index in [1.165, 1.54) is 0 Å². The Hall–Kier alpha value is -1.59. The number of rotatable bonds is 6. The molecule has 0 bridgehead atoms. The molecule has 1 aliphatic heterocycles. The van der Waals surface area contributed by atoms with Crippen molar-refractivity contribution < 1.29 is 14.6 Å². The minimum atomic E-state index is -0.366. The molecular formula is C15H22N2O3. The standard InChI is InChI=1S/C15H22N2O3/c18-9-8-17-7-6-14(11-17)10-16-15(19)20-12-13-4-2-1-3-5-13/h1-5,14,18H,6-12H2,(H,16,19)/t14-/m1/s1. The second-order valence-electron chi connectivity index (χ2n) is 5.12. The van der Waals surface area contributed by atoms with E-state index in [0.717, 1.165) is 31.6 Å². The monoisotopic (exact) mass is 278 g/mol. The maximum atomic E-state index is 11.6. The number of nitrogens with zero attached hydrogens (tertiary/aromatic N) is 1. The van der Waals surface area contributed by atoms with Crippen LogP contribution in [0.1, 0.15) is 12.0 Å². The van der Waals surface area contributed by atoms with Crippen LogP contribution in [0.15, 0.2) is 30.3 Å². The Labute approximate surface area is 119 Å². The van der Waals surface area contributed by atoms with Crippen LogP contribution < -0.4 is 5.32 Å². The molecule has 1 atom stereocenters. The number of hydrogen-bond acceptors (Lipinski definition) is 4. The quantitative estimate of drug-likeness (QED) is 0.821. The van der Waals surface area contributed by atoms with Gasteiger partial charge in [-0.2, -0.15) is 0 Å². The number of β-amino-alcohol motifs (C(OH)–C–C–N with tert-alkyl or cyclic N) is 1. The fourth-order valence-electron chi connectivity index (χ4n) is 2.43. The number of aliphatic hydroxyl groups excluding tert-OH is 1. The first kappa shape index (κ1) is 14.8. The van der Waals surface area contributed by atoms with Crippen LogP contribution in [0.25, 0.3) is 0 Å². The summed E-state index contributed by atoms with van der Waals surface area (Å²) in [5.41, 5.74) is 0.984. The molecule has 1 saturated heterocycles. The van der Waals surface area contributed by atoms with E-state index in [-0.39, 0.29) is 12.7 Å². The number of benzene rings is 1. The van der Waals surface area contributed by atoms with E-state index in [2.05, 4.69) is 10.2 Å². The highest BCUT2D eigenvalue weighted by atomic mass is 16.5. The third-order valence-corrected chi connectivity index (χ3v) is 3.53. The molecule has 5 heteroatoms. The molecule has 0 unspecified atom stereocenters. The van der Waals surface area contributed by atoms with E-state index in [9.17, 15) is 4.79 Å². The number of alkyl carbamates (subject to hydrolysis) is 1. The van der Waals surface area contributed by atoms with E-state index in [4.69, 9.17) is 9.84 Å². The van der Waals surface area contributed by atoms with Crippen molar-refractivity contribution in [1.82, 2.24) is 10.2 Å². The summed E-state index contributed by atoms with van der Waals surface area (Å²) in [5.74, 6) is 0.450. The van der Waals surface area contributed by atoms with Crippen molar-refractivity contribution >= 4 is 6.09 Å². The van der Waals surface area contributed by atoms with Gasteiger partial charge in [-0.15, -0.1) is 0 Å². The van der Waals surface area contributed by atoms with Crippen molar-refractivity contribution in [1.29, 1.82) is 0 Å². The van der Waals surface area contributed by atoms with Gasteiger partial charge in [-0.1, -0.05) is 30.3 Å². The number of hydrogen-bond donors (Lipinski definition) is 2. The summed E-state index contributed by atoms with van der Waals surface area (Å²) >= 11 is 0. The first-order chi connectivity index (χ1) is 9.78. The second kappa shape index (κ2) is 7.87. The van der Waals surface area contributed by atoms with Gasteiger partial charge in [0.1, 0.15) is 6.61 Å². The summed E-state index contributed by atoms with van der Waals surface area (Å²) in [4.78, 5) is 13.8. The van der Waals surface area contributed by atoms with E-state index < -0.39 is 0 Å². The highest BCUT2D eigenvalue weighted by molar-refractivity contribution is 5.67. The van der Waals surface area contributed by atoms with Crippen molar-refractivity contribution in [2.75, 3.05) is 32.8 Å². The van der Waals surface area contributed by atoms with Crippen molar-refractivity contribution in [2.24, 2.45) is 5.92 Å². The van der Waals surface area contributed by atoms with Gasteiger partial charge in [0.15, 0.2) is 0 Å². The van der Waals surface area contributed by atoms with Crippen LogP contribution in [-0.4, -0.2) is 48.9 Å². The molecule has 1 amide bonds. The zero-order chi connectivity index (χ0) is 14.2. The van der Waals surface area contributed by atoms with Gasteiger partial charge < -0.3 is 20.1 Å². The molecule has 20 heavy (non-hydrogen) atoms. The molecule has 110 valence electrons. The molecule has 1 aromatic carbocycles. The molecular weight excluding hydrogens is 256 g/mol. The van der Waals surface area contributed by atoms with E-state index in [1.54, 1.807) is 0 Å². The highest BCUT2D eigenvalue weighted by Crippen LogP contribution is 2.14. The average Bonchev–Trinajstić information content (AvgIpc) is 2.92. The Kier molecular flexibility index (Phi) is 5.83. The molecule has 0 radical (unpaired) electrons. The third-order valence-electron chi connectivity index (χ3n) is 3.53. The van der Waals surface area contributed by atoms with Crippen LogP contribution >= 0.6 is 0 Å². The van der Waals surface area contributed by atoms with Gasteiger partial charge in [0.05, 0.1) is 6.61 Å². The molecule has 1 heterocycles. The van der Waals surface area contributed by atoms with Gasteiger partial charge in [0.2, 0.25) is 0 Å². The van der Waals surface area contributed by atoms with Gasteiger partial charge in [-0.3, -0.25) is 0 Å². The number of nitrogens with one attached hydrogen (secondary N) is 1. The van der Waals surface area contributed by atoms with E-state index in [0.29, 0.717) is 19.1 Å². The van der Waals surface area contributed by atoms with Crippen molar-refractivity contribution in [3.63, 3.8) is 0 Å². The summed E-state index contributed by atoms with van der Waals surface area (Å²) in [7, 11) is 0. The van der Waals surface area contributed by atoms with E-state index in [1.807, 2.05) is 30.3 Å². The lowest BCUT2D eigenvalue weighted by molar-refractivity contribution is 0.138. The smallest absolute Gasteiger partial charge is 0.407 e. The maximum Gasteiger partial charge on any atom is 0.407 e. The number of ether oxygens (including phenoxy) is 1. The molecule has 1 aromatic rings. The SMILES string of the molecule is O=C(NC[C@H]1CCN(CCO)C1)OCc1ccccc1. The summed E-state index contributed by atoms with van der Waals surface area (Å²) in [6.07, 6.45) is 0.688. The Bertz CT molecular complexity index is 411. The summed E-state index contributed by atoms with van der Waals surface area (Å²) in [6, 6.07) is 9.63. The van der Waals surface area contributed by atoms with E-state index >= 15 is 0 Å². The molecule has 2 rings (SSSR count). The zero-order valence-corrected chi connectivity index (χ0v) is 11.6. The molecule has 0 aromatic heterocycles. The maximum absolute atomic E-state index is 11.6. The van der Waals surface area contributed by atoms with Gasteiger partial charge in [-0.05, 0) is 24.4 Å². The summed E-state index contributed by atoms with van der Waals surface area (Å²) in [6.45, 7) is 3.77. The second-order valence-corrected chi connectivity index (χ2v) is 5.12. The van der Waals surface area contributed by atoms with Crippen LogP contribution in [0, 0.1) is 5.92 Å². The first-order valence-corrected chi connectivity index (χ1v) is 7.05. The number of likely N-dealkylation sites (tertiary alicyclic amines) is 1. The van der Waals surface area contributed by atoms with Gasteiger partial charge in [0.25, 0.3) is 0 Å². The van der Waals surface area contributed by atoms with Gasteiger partial charge in [-0.25, -0.2) is 4.79 Å². The lowest BCUT2D eigenvalue weighted by atomic mass is 10.1. The molecule has 0 aliphatic carbocycles. The Morgan fingerprint density at radius 2 is 2.20 bits per heavy atom. The van der Waals surface area contributed by atoms with Gasteiger partial charge in [0, 0.05) is 19.6 Å². The average molecular weight is 278 g/mol. The fourth-order valence-corrected chi connectivity index (χ4v) is 2.43. The van der Waals surface area contributed by atoms with Crippen molar-refractivity contribution in [3.8, 4) is 0 Å². The molecule has 0 spiro atoms. The minimum Gasteiger partial charge on any atom is -0.445 e. The Morgan fingerprint density at radius 1 is 1.40 bits per heavy atom. The fraction of sp³-hybridized carbons (Fsp3) is 0.533. The molecule has 2 N–H and O–H groups in total. The van der Waals surface area contributed by atoms with Crippen LogP contribution in [0.5, 0.6) is 0 Å². The normalized spacial score (nSPS) is 18.9. The summed E-state index contributed by atoms with van der Waals surface area (Å²) < 4.78 is 5.16.